The third kappa shape index (κ3) is 4.37. The first-order valence-corrected chi connectivity index (χ1v) is 8.85. The molecule has 0 fully saturated rings. The number of nitrogens with one attached hydrogen (secondary N) is 1. The Balaban J connectivity index is 1.62. The van der Waals surface area contributed by atoms with Gasteiger partial charge in [-0.3, -0.25) is 4.79 Å². The van der Waals surface area contributed by atoms with Crippen LogP contribution < -0.4 is 14.8 Å². The van der Waals surface area contributed by atoms with Crippen LogP contribution in [0.5, 0.6) is 11.5 Å². The van der Waals surface area contributed by atoms with Gasteiger partial charge in [0.25, 0.3) is 5.91 Å². The molecule has 1 heterocycles. The average Bonchev–Trinajstić information content (AvgIpc) is 3.11. The van der Waals surface area contributed by atoms with Gasteiger partial charge in [0.05, 0.1) is 12.8 Å². The van der Waals surface area contributed by atoms with Crippen LogP contribution in [0.2, 0.25) is 0 Å². The summed E-state index contributed by atoms with van der Waals surface area (Å²) in [4.78, 5) is 12.7. The maximum Gasteiger partial charge on any atom is 0.265 e. The van der Waals surface area contributed by atoms with Crippen molar-refractivity contribution in [3.05, 3.63) is 70.2 Å². The number of ether oxygens (including phenoxy) is 2. The molecular formula is C19H19N3O3S. The first kappa shape index (κ1) is 17.9. The van der Waals surface area contributed by atoms with Crippen molar-refractivity contribution in [3.63, 3.8) is 0 Å². The Morgan fingerprint density at radius 3 is 2.62 bits per heavy atom. The fraction of sp³-hybridized carbons (Fsp3) is 0.211. The van der Waals surface area contributed by atoms with E-state index in [1.807, 2.05) is 48.5 Å². The molecule has 0 radical (unpaired) electrons. The van der Waals surface area contributed by atoms with Gasteiger partial charge in [-0.05, 0) is 41.7 Å². The largest absolute Gasteiger partial charge is 0.493 e. The van der Waals surface area contributed by atoms with E-state index in [2.05, 4.69) is 14.9 Å². The number of hydrogen-bond donors (Lipinski definition) is 1. The summed E-state index contributed by atoms with van der Waals surface area (Å²) in [5, 5.41) is 6.71. The zero-order valence-corrected chi connectivity index (χ0v) is 15.4. The molecule has 0 unspecified atom stereocenters. The molecule has 1 aromatic heterocycles. The fourth-order valence-electron chi connectivity index (χ4n) is 2.38. The Kier molecular flexibility index (Phi) is 5.80. The second-order valence-corrected chi connectivity index (χ2v) is 6.38. The minimum Gasteiger partial charge on any atom is -0.493 e. The fourth-order valence-corrected chi connectivity index (χ4v) is 2.95. The van der Waals surface area contributed by atoms with E-state index in [-0.39, 0.29) is 5.91 Å². The molecule has 7 heteroatoms. The molecule has 0 spiro atoms. The Labute approximate surface area is 155 Å². The van der Waals surface area contributed by atoms with Gasteiger partial charge in [-0.15, -0.1) is 5.10 Å². The Bertz CT molecular complexity index is 881. The molecule has 0 bridgehead atoms. The monoisotopic (exact) mass is 369 g/mol. The molecule has 1 N–H and O–H groups in total. The van der Waals surface area contributed by atoms with Crippen LogP contribution in [0.3, 0.4) is 0 Å². The first-order valence-electron chi connectivity index (χ1n) is 8.08. The van der Waals surface area contributed by atoms with Gasteiger partial charge in [0.2, 0.25) is 0 Å². The smallest absolute Gasteiger partial charge is 0.265 e. The summed E-state index contributed by atoms with van der Waals surface area (Å²) in [6, 6.07) is 15.5. The molecule has 0 saturated carbocycles. The van der Waals surface area contributed by atoms with E-state index in [4.69, 9.17) is 9.47 Å². The van der Waals surface area contributed by atoms with E-state index in [0.29, 0.717) is 35.2 Å². The van der Waals surface area contributed by atoms with Crippen molar-refractivity contribution >= 4 is 17.4 Å². The van der Waals surface area contributed by atoms with Crippen LogP contribution in [0.4, 0.5) is 0 Å². The summed E-state index contributed by atoms with van der Waals surface area (Å²) in [7, 11) is 1.60. The van der Waals surface area contributed by atoms with Gasteiger partial charge in [-0.25, -0.2) is 0 Å². The highest BCUT2D eigenvalue weighted by Gasteiger charge is 2.13. The maximum absolute atomic E-state index is 12.1. The molecule has 0 aliphatic carbocycles. The summed E-state index contributed by atoms with van der Waals surface area (Å²) in [6.07, 6.45) is 0. The molecule has 0 aliphatic heterocycles. The third-order valence-electron chi connectivity index (χ3n) is 3.78. The van der Waals surface area contributed by atoms with Crippen LogP contribution in [0.1, 0.15) is 26.5 Å². The molecule has 134 valence electrons. The van der Waals surface area contributed by atoms with Crippen LogP contribution in [0.25, 0.3) is 0 Å². The van der Waals surface area contributed by atoms with Crippen molar-refractivity contribution in [2.24, 2.45) is 0 Å². The van der Waals surface area contributed by atoms with Gasteiger partial charge in [0.15, 0.2) is 11.5 Å². The number of aromatic nitrogens is 2. The van der Waals surface area contributed by atoms with Gasteiger partial charge in [0.1, 0.15) is 11.5 Å². The van der Waals surface area contributed by atoms with E-state index in [9.17, 15) is 4.79 Å². The number of aryl methyl sites for hydroxylation is 1. The van der Waals surface area contributed by atoms with Crippen LogP contribution >= 0.6 is 11.5 Å². The predicted octanol–water partition coefficient (Wildman–Crippen LogP) is 3.36. The summed E-state index contributed by atoms with van der Waals surface area (Å²) in [6.45, 7) is 2.61. The number of methoxy groups -OCH3 is 1. The molecule has 6 nitrogen and oxygen atoms in total. The van der Waals surface area contributed by atoms with Crippen molar-refractivity contribution in [1.82, 2.24) is 14.9 Å². The lowest BCUT2D eigenvalue weighted by Gasteiger charge is -2.12. The summed E-state index contributed by atoms with van der Waals surface area (Å²) < 4.78 is 15.0. The van der Waals surface area contributed by atoms with Gasteiger partial charge in [0, 0.05) is 6.54 Å². The molecule has 26 heavy (non-hydrogen) atoms. The minimum atomic E-state index is -0.180. The molecule has 1 amide bonds. The number of rotatable bonds is 7. The lowest BCUT2D eigenvalue weighted by Crippen LogP contribution is -2.22. The average molecular weight is 369 g/mol. The first-order chi connectivity index (χ1) is 12.7. The minimum absolute atomic E-state index is 0.180. The summed E-state index contributed by atoms with van der Waals surface area (Å²) in [5.74, 6) is 1.11. The standard InChI is InChI=1S/C19H19N3O3S/c1-13-18(26-22-21-13)19(23)20-11-15-8-9-16(17(10-15)24-2)25-12-14-6-4-3-5-7-14/h3-10H,11-12H2,1-2H3,(H,20,23). The Hall–Kier alpha value is -2.93. The Morgan fingerprint density at radius 1 is 1.12 bits per heavy atom. The maximum atomic E-state index is 12.1. The quantitative estimate of drug-likeness (QED) is 0.691. The highest BCUT2D eigenvalue weighted by atomic mass is 32.1. The van der Waals surface area contributed by atoms with E-state index in [1.54, 1.807) is 14.0 Å². The highest BCUT2D eigenvalue weighted by Crippen LogP contribution is 2.29. The van der Waals surface area contributed by atoms with Crippen molar-refractivity contribution in [1.29, 1.82) is 0 Å². The lowest BCUT2D eigenvalue weighted by molar-refractivity contribution is 0.0954. The number of carbonyl (C=O) groups is 1. The number of benzene rings is 2. The third-order valence-corrected chi connectivity index (χ3v) is 4.60. The van der Waals surface area contributed by atoms with Crippen molar-refractivity contribution in [3.8, 4) is 11.5 Å². The van der Waals surface area contributed by atoms with E-state index in [0.717, 1.165) is 22.7 Å². The van der Waals surface area contributed by atoms with Crippen LogP contribution in [-0.2, 0) is 13.2 Å². The molecule has 0 saturated heterocycles. The lowest BCUT2D eigenvalue weighted by atomic mass is 10.2. The van der Waals surface area contributed by atoms with Crippen molar-refractivity contribution < 1.29 is 14.3 Å². The zero-order valence-electron chi connectivity index (χ0n) is 14.6. The Morgan fingerprint density at radius 2 is 1.92 bits per heavy atom. The van der Waals surface area contributed by atoms with Crippen molar-refractivity contribution in [2.75, 3.05) is 7.11 Å². The molecular weight excluding hydrogens is 350 g/mol. The number of hydrogen-bond acceptors (Lipinski definition) is 6. The predicted molar refractivity (Wildman–Crippen MR) is 99.6 cm³/mol. The van der Waals surface area contributed by atoms with E-state index < -0.39 is 0 Å². The normalized spacial score (nSPS) is 10.4. The zero-order chi connectivity index (χ0) is 18.4. The van der Waals surface area contributed by atoms with E-state index >= 15 is 0 Å². The topological polar surface area (TPSA) is 73.3 Å². The van der Waals surface area contributed by atoms with Gasteiger partial charge >= 0.3 is 0 Å². The van der Waals surface area contributed by atoms with Crippen LogP contribution in [0.15, 0.2) is 48.5 Å². The van der Waals surface area contributed by atoms with Crippen LogP contribution in [0, 0.1) is 6.92 Å². The van der Waals surface area contributed by atoms with Crippen LogP contribution in [-0.4, -0.2) is 22.6 Å². The molecule has 0 aliphatic rings. The number of amides is 1. The molecule has 2 aromatic carbocycles. The van der Waals surface area contributed by atoms with Gasteiger partial charge < -0.3 is 14.8 Å². The van der Waals surface area contributed by atoms with Gasteiger partial charge in [-0.1, -0.05) is 40.9 Å². The van der Waals surface area contributed by atoms with Gasteiger partial charge in [-0.2, -0.15) is 0 Å². The second-order valence-electron chi connectivity index (χ2n) is 5.63. The second kappa shape index (κ2) is 8.44. The summed E-state index contributed by atoms with van der Waals surface area (Å²) in [5.41, 5.74) is 2.63. The van der Waals surface area contributed by atoms with Crippen molar-refractivity contribution in [2.45, 2.75) is 20.1 Å². The van der Waals surface area contributed by atoms with E-state index in [1.165, 1.54) is 0 Å². The molecule has 0 atom stereocenters. The molecule has 3 rings (SSSR count). The number of carbonyl (C=O) groups excluding carboxylic acids is 1. The molecule has 3 aromatic rings. The SMILES string of the molecule is COc1cc(CNC(=O)c2snnc2C)ccc1OCc1ccccc1. The highest BCUT2D eigenvalue weighted by molar-refractivity contribution is 7.07. The summed E-state index contributed by atoms with van der Waals surface area (Å²) >= 11 is 1.09. The number of nitrogens with zero attached hydrogens (tertiary/aromatic N) is 2.